The number of carboxylic acid groups (broad SMARTS) is 1. The molecule has 1 fully saturated rings. The highest BCUT2D eigenvalue weighted by atomic mass is 32.2. The van der Waals surface area contributed by atoms with Crippen molar-refractivity contribution in [2.24, 2.45) is 0 Å². The van der Waals surface area contributed by atoms with Crippen molar-refractivity contribution in [1.82, 2.24) is 20.2 Å². The van der Waals surface area contributed by atoms with Crippen molar-refractivity contribution in [2.75, 3.05) is 31.6 Å². The van der Waals surface area contributed by atoms with E-state index < -0.39 is 5.97 Å². The summed E-state index contributed by atoms with van der Waals surface area (Å²) in [6.45, 7) is 2.40. The molecule has 0 amide bonds. The summed E-state index contributed by atoms with van der Waals surface area (Å²) in [4.78, 5) is 22.7. The predicted octanol–water partition coefficient (Wildman–Crippen LogP) is 0.540. The van der Waals surface area contributed by atoms with Gasteiger partial charge in [-0.05, 0) is 20.0 Å². The second kappa shape index (κ2) is 5.67. The molecule has 2 N–H and O–H groups in total. The van der Waals surface area contributed by atoms with Crippen LogP contribution in [0.4, 0.5) is 0 Å². The van der Waals surface area contributed by atoms with Crippen LogP contribution in [-0.4, -0.2) is 57.6 Å². The Morgan fingerprint density at radius 1 is 1.50 bits per heavy atom. The zero-order valence-corrected chi connectivity index (χ0v) is 12.2. The number of rotatable bonds is 2. The summed E-state index contributed by atoms with van der Waals surface area (Å²) in [6.07, 6.45) is 0.687. The molecule has 3 heterocycles. The molecule has 2 aliphatic rings. The van der Waals surface area contributed by atoms with Crippen LogP contribution in [-0.2, 0) is 13.0 Å². The van der Waals surface area contributed by atoms with Gasteiger partial charge in [-0.3, -0.25) is 4.90 Å². The van der Waals surface area contributed by atoms with Gasteiger partial charge in [-0.1, -0.05) is 0 Å². The van der Waals surface area contributed by atoms with E-state index in [1.807, 2.05) is 18.8 Å². The first-order valence-corrected chi connectivity index (χ1v) is 7.94. The van der Waals surface area contributed by atoms with E-state index in [1.165, 1.54) is 0 Å². The van der Waals surface area contributed by atoms with Gasteiger partial charge in [0.25, 0.3) is 0 Å². The molecule has 2 aliphatic heterocycles. The molecule has 1 unspecified atom stereocenters. The van der Waals surface area contributed by atoms with E-state index in [0.29, 0.717) is 18.8 Å². The lowest BCUT2D eigenvalue weighted by molar-refractivity contribution is 0.0687. The fourth-order valence-electron chi connectivity index (χ4n) is 2.66. The Balaban J connectivity index is 2.03. The van der Waals surface area contributed by atoms with Crippen molar-refractivity contribution in [1.29, 1.82) is 0 Å². The Labute approximate surface area is 122 Å². The number of aromatic nitrogens is 2. The summed E-state index contributed by atoms with van der Waals surface area (Å²) in [5, 5.41) is 12.6. The Morgan fingerprint density at radius 3 is 3.10 bits per heavy atom. The zero-order chi connectivity index (χ0) is 14.1. The van der Waals surface area contributed by atoms with Crippen LogP contribution in [0, 0.1) is 0 Å². The zero-order valence-electron chi connectivity index (χ0n) is 11.4. The van der Waals surface area contributed by atoms with Crippen LogP contribution in [0.2, 0.25) is 0 Å². The quantitative estimate of drug-likeness (QED) is 0.824. The first-order valence-electron chi connectivity index (χ1n) is 6.78. The lowest BCUT2D eigenvalue weighted by atomic mass is 10.0. The van der Waals surface area contributed by atoms with Gasteiger partial charge < -0.3 is 10.4 Å². The molecule has 0 saturated carbocycles. The fraction of sp³-hybridized carbons (Fsp3) is 0.615. The number of fused-ring (bicyclic) bond motifs is 1. The molecule has 0 aromatic carbocycles. The second-order valence-corrected chi connectivity index (χ2v) is 6.31. The van der Waals surface area contributed by atoms with Crippen LogP contribution in [0.1, 0.15) is 33.6 Å². The van der Waals surface area contributed by atoms with E-state index in [4.69, 9.17) is 0 Å². The number of carboxylic acids is 1. The molecule has 108 valence electrons. The maximum Gasteiger partial charge on any atom is 0.354 e. The molecule has 0 spiro atoms. The molecule has 1 atom stereocenters. The minimum Gasteiger partial charge on any atom is -0.477 e. The highest BCUT2D eigenvalue weighted by Gasteiger charge is 2.28. The van der Waals surface area contributed by atoms with E-state index in [0.717, 1.165) is 35.9 Å². The highest BCUT2D eigenvalue weighted by Crippen LogP contribution is 2.27. The van der Waals surface area contributed by atoms with Gasteiger partial charge in [0, 0.05) is 30.2 Å². The second-order valence-electron chi connectivity index (χ2n) is 5.16. The fourth-order valence-corrected chi connectivity index (χ4v) is 3.87. The van der Waals surface area contributed by atoms with Crippen molar-refractivity contribution in [3.05, 3.63) is 22.8 Å². The predicted molar refractivity (Wildman–Crippen MR) is 77.1 cm³/mol. The standard InChI is InChI=1S/C13H18N4O2S/c1-17-4-5-20-7-10(17)12-15-9-6-14-3-2-8(9)11(16-12)13(18)19/h10,14H,2-7H2,1H3,(H,18,19). The van der Waals surface area contributed by atoms with Gasteiger partial charge in [-0.2, -0.15) is 11.8 Å². The average Bonchev–Trinajstić information content (AvgIpc) is 2.46. The van der Waals surface area contributed by atoms with Crippen molar-refractivity contribution < 1.29 is 9.90 Å². The normalized spacial score (nSPS) is 23.4. The monoisotopic (exact) mass is 294 g/mol. The van der Waals surface area contributed by atoms with Gasteiger partial charge in [-0.15, -0.1) is 0 Å². The summed E-state index contributed by atoms with van der Waals surface area (Å²) in [6, 6.07) is 0.110. The molecule has 3 rings (SSSR count). The molecule has 0 aliphatic carbocycles. The summed E-state index contributed by atoms with van der Waals surface area (Å²) in [5.74, 6) is 1.73. The lowest BCUT2D eigenvalue weighted by Gasteiger charge is -2.31. The molecular weight excluding hydrogens is 276 g/mol. The molecule has 20 heavy (non-hydrogen) atoms. The third kappa shape index (κ3) is 2.53. The van der Waals surface area contributed by atoms with Crippen LogP contribution in [0.15, 0.2) is 0 Å². The number of carbonyl (C=O) groups is 1. The van der Waals surface area contributed by atoms with Gasteiger partial charge in [-0.25, -0.2) is 14.8 Å². The van der Waals surface area contributed by atoms with E-state index >= 15 is 0 Å². The van der Waals surface area contributed by atoms with E-state index in [1.54, 1.807) is 0 Å². The Kier molecular flexibility index (Phi) is 3.91. The highest BCUT2D eigenvalue weighted by molar-refractivity contribution is 7.99. The molecular formula is C13H18N4O2S. The van der Waals surface area contributed by atoms with Crippen molar-refractivity contribution in [3.8, 4) is 0 Å². The van der Waals surface area contributed by atoms with E-state index in [9.17, 15) is 9.90 Å². The van der Waals surface area contributed by atoms with E-state index in [2.05, 4.69) is 20.2 Å². The van der Waals surface area contributed by atoms with Gasteiger partial charge in [0.05, 0.1) is 11.7 Å². The third-order valence-electron chi connectivity index (χ3n) is 3.85. The van der Waals surface area contributed by atoms with Gasteiger partial charge in [0.15, 0.2) is 5.69 Å². The van der Waals surface area contributed by atoms with E-state index in [-0.39, 0.29) is 11.7 Å². The maximum atomic E-state index is 11.5. The Morgan fingerprint density at radius 2 is 2.35 bits per heavy atom. The number of thioether (sulfide) groups is 1. The largest absolute Gasteiger partial charge is 0.477 e. The molecule has 7 heteroatoms. The van der Waals surface area contributed by atoms with Gasteiger partial charge in [0.1, 0.15) is 5.82 Å². The smallest absolute Gasteiger partial charge is 0.354 e. The molecule has 0 bridgehead atoms. The molecule has 1 aromatic rings. The van der Waals surface area contributed by atoms with Crippen molar-refractivity contribution in [3.63, 3.8) is 0 Å². The summed E-state index contributed by atoms with van der Waals surface area (Å²) in [5.41, 5.74) is 1.84. The minimum atomic E-state index is -0.946. The first-order chi connectivity index (χ1) is 9.66. The van der Waals surface area contributed by atoms with Crippen LogP contribution in [0.5, 0.6) is 0 Å². The molecule has 1 saturated heterocycles. The Bertz CT molecular complexity index is 537. The third-order valence-corrected chi connectivity index (χ3v) is 4.87. The lowest BCUT2D eigenvalue weighted by Crippen LogP contribution is -2.35. The number of hydrogen-bond donors (Lipinski definition) is 2. The van der Waals surface area contributed by atoms with Gasteiger partial charge >= 0.3 is 5.97 Å². The summed E-state index contributed by atoms with van der Waals surface area (Å²) < 4.78 is 0. The van der Waals surface area contributed by atoms with Crippen LogP contribution in [0.3, 0.4) is 0 Å². The molecule has 0 radical (unpaired) electrons. The van der Waals surface area contributed by atoms with Crippen molar-refractivity contribution in [2.45, 2.75) is 19.0 Å². The van der Waals surface area contributed by atoms with Crippen LogP contribution < -0.4 is 5.32 Å². The average molecular weight is 294 g/mol. The van der Waals surface area contributed by atoms with Gasteiger partial charge in [0.2, 0.25) is 0 Å². The number of aromatic carboxylic acids is 1. The van der Waals surface area contributed by atoms with Crippen molar-refractivity contribution >= 4 is 17.7 Å². The first kappa shape index (κ1) is 13.8. The van der Waals surface area contributed by atoms with Crippen LogP contribution >= 0.6 is 11.8 Å². The minimum absolute atomic E-state index is 0.110. The SMILES string of the molecule is CN1CCSCC1c1nc2c(c(C(=O)O)n1)CCNC2. The number of nitrogens with one attached hydrogen (secondary N) is 1. The molecule has 1 aromatic heterocycles. The Hall–Kier alpha value is -1.18. The maximum absolute atomic E-state index is 11.5. The number of hydrogen-bond acceptors (Lipinski definition) is 6. The topological polar surface area (TPSA) is 78.4 Å². The summed E-state index contributed by atoms with van der Waals surface area (Å²) in [7, 11) is 2.05. The summed E-state index contributed by atoms with van der Waals surface area (Å²) >= 11 is 1.87. The van der Waals surface area contributed by atoms with Crippen LogP contribution in [0.25, 0.3) is 0 Å². The number of nitrogens with zero attached hydrogens (tertiary/aromatic N) is 3. The molecule has 6 nitrogen and oxygen atoms in total.